The molecular formula is C11H9NO3. The summed E-state index contributed by atoms with van der Waals surface area (Å²) in [4.78, 5) is 14.8. The minimum absolute atomic E-state index is 0.0828. The van der Waals surface area contributed by atoms with Gasteiger partial charge in [-0.1, -0.05) is 0 Å². The molecule has 0 aliphatic rings. The molecule has 0 saturated carbocycles. The lowest BCUT2D eigenvalue weighted by molar-refractivity contribution is 0.112. The number of carbonyl (C=O) groups excluding carboxylic acids is 1. The van der Waals surface area contributed by atoms with Gasteiger partial charge in [-0.15, -0.1) is 0 Å². The van der Waals surface area contributed by atoms with Crippen molar-refractivity contribution in [2.24, 2.45) is 0 Å². The second kappa shape index (κ2) is 3.57. The van der Waals surface area contributed by atoms with Gasteiger partial charge in [-0.05, 0) is 6.07 Å². The number of aromatic nitrogens is 1. The molecule has 0 aliphatic carbocycles. The molecule has 0 saturated heterocycles. The lowest BCUT2D eigenvalue weighted by Crippen LogP contribution is -1.91. The van der Waals surface area contributed by atoms with E-state index < -0.39 is 0 Å². The average Bonchev–Trinajstić information content (AvgIpc) is 2.28. The fourth-order valence-corrected chi connectivity index (χ4v) is 1.54. The maximum atomic E-state index is 10.8. The Labute approximate surface area is 86.1 Å². The van der Waals surface area contributed by atoms with Crippen LogP contribution in [0.5, 0.6) is 11.5 Å². The highest BCUT2D eigenvalue weighted by Gasteiger charge is 2.10. The number of phenols is 1. The van der Waals surface area contributed by atoms with Crippen LogP contribution in [0, 0.1) is 0 Å². The van der Waals surface area contributed by atoms with Crippen molar-refractivity contribution in [3.8, 4) is 11.5 Å². The second-order valence-corrected chi connectivity index (χ2v) is 3.05. The number of pyridine rings is 1. The van der Waals surface area contributed by atoms with Crippen molar-refractivity contribution in [1.82, 2.24) is 4.98 Å². The lowest BCUT2D eigenvalue weighted by atomic mass is 10.1. The smallest absolute Gasteiger partial charge is 0.154 e. The van der Waals surface area contributed by atoms with Crippen molar-refractivity contribution in [2.75, 3.05) is 7.11 Å². The molecule has 0 fully saturated rings. The summed E-state index contributed by atoms with van der Waals surface area (Å²) in [7, 11) is 1.50. The number of nitrogens with zero attached hydrogens (tertiary/aromatic N) is 1. The minimum atomic E-state index is -0.0828. The largest absolute Gasteiger partial charge is 0.507 e. The SMILES string of the molecule is COc1cc(O)c(C=O)c2ccncc12. The number of benzene rings is 1. The van der Waals surface area contributed by atoms with Crippen molar-refractivity contribution in [3.05, 3.63) is 30.1 Å². The first-order chi connectivity index (χ1) is 7.27. The van der Waals surface area contributed by atoms with Gasteiger partial charge in [0.2, 0.25) is 0 Å². The van der Waals surface area contributed by atoms with Crippen molar-refractivity contribution in [1.29, 1.82) is 0 Å². The molecule has 1 heterocycles. The van der Waals surface area contributed by atoms with Gasteiger partial charge in [0.25, 0.3) is 0 Å². The first-order valence-corrected chi connectivity index (χ1v) is 4.36. The van der Waals surface area contributed by atoms with Gasteiger partial charge >= 0.3 is 0 Å². The summed E-state index contributed by atoms with van der Waals surface area (Å²) in [6.07, 6.45) is 3.78. The minimum Gasteiger partial charge on any atom is -0.507 e. The first-order valence-electron chi connectivity index (χ1n) is 4.36. The van der Waals surface area contributed by atoms with Gasteiger partial charge in [0.15, 0.2) is 6.29 Å². The Kier molecular flexibility index (Phi) is 2.25. The quantitative estimate of drug-likeness (QED) is 0.755. The predicted molar refractivity (Wildman–Crippen MR) is 55.3 cm³/mol. The van der Waals surface area contributed by atoms with E-state index in [0.29, 0.717) is 22.8 Å². The molecule has 4 heteroatoms. The van der Waals surface area contributed by atoms with Gasteiger partial charge in [0, 0.05) is 29.2 Å². The van der Waals surface area contributed by atoms with E-state index in [1.807, 2.05) is 0 Å². The Bertz CT molecular complexity index is 522. The van der Waals surface area contributed by atoms with Crippen LogP contribution in [0.15, 0.2) is 24.5 Å². The fourth-order valence-electron chi connectivity index (χ4n) is 1.54. The van der Waals surface area contributed by atoms with Crippen molar-refractivity contribution in [2.45, 2.75) is 0 Å². The topological polar surface area (TPSA) is 59.4 Å². The Morgan fingerprint density at radius 2 is 2.27 bits per heavy atom. The van der Waals surface area contributed by atoms with E-state index in [1.165, 1.54) is 13.2 Å². The Balaban J connectivity index is 2.92. The molecule has 1 N–H and O–H groups in total. The van der Waals surface area contributed by atoms with Crippen LogP contribution in [0.4, 0.5) is 0 Å². The molecule has 1 aromatic heterocycles. The lowest BCUT2D eigenvalue weighted by Gasteiger charge is -2.08. The van der Waals surface area contributed by atoms with Crippen molar-refractivity contribution < 1.29 is 14.6 Å². The first kappa shape index (κ1) is 9.45. The summed E-state index contributed by atoms with van der Waals surface area (Å²) in [5.41, 5.74) is 0.258. The van der Waals surface area contributed by atoms with E-state index in [0.717, 1.165) is 0 Å². The van der Waals surface area contributed by atoms with E-state index >= 15 is 0 Å². The van der Waals surface area contributed by atoms with Crippen LogP contribution < -0.4 is 4.74 Å². The summed E-state index contributed by atoms with van der Waals surface area (Å²) >= 11 is 0. The number of carbonyl (C=O) groups is 1. The van der Waals surface area contributed by atoms with Gasteiger partial charge in [-0.3, -0.25) is 9.78 Å². The molecule has 0 spiro atoms. The highest BCUT2D eigenvalue weighted by atomic mass is 16.5. The predicted octanol–water partition coefficient (Wildman–Crippen LogP) is 1.76. The summed E-state index contributed by atoms with van der Waals surface area (Å²) < 4.78 is 5.09. The average molecular weight is 203 g/mol. The fraction of sp³-hybridized carbons (Fsp3) is 0.0909. The van der Waals surface area contributed by atoms with Crippen LogP contribution in [-0.2, 0) is 0 Å². The van der Waals surface area contributed by atoms with E-state index in [4.69, 9.17) is 4.74 Å². The van der Waals surface area contributed by atoms with Gasteiger partial charge in [-0.2, -0.15) is 0 Å². The Morgan fingerprint density at radius 1 is 1.47 bits per heavy atom. The van der Waals surface area contributed by atoms with Crippen LogP contribution in [0.2, 0.25) is 0 Å². The normalized spacial score (nSPS) is 10.2. The van der Waals surface area contributed by atoms with Crippen LogP contribution in [0.1, 0.15) is 10.4 Å². The summed E-state index contributed by atoms with van der Waals surface area (Å²) in [6, 6.07) is 3.08. The molecule has 0 unspecified atom stereocenters. The highest BCUT2D eigenvalue weighted by Crippen LogP contribution is 2.33. The number of aldehydes is 1. The molecule has 0 atom stereocenters. The van der Waals surface area contributed by atoms with Crippen LogP contribution in [0.25, 0.3) is 10.8 Å². The number of rotatable bonds is 2. The molecule has 76 valence electrons. The molecule has 1 aromatic carbocycles. The van der Waals surface area contributed by atoms with E-state index in [9.17, 15) is 9.90 Å². The number of hydrogen-bond donors (Lipinski definition) is 1. The highest BCUT2D eigenvalue weighted by molar-refractivity contribution is 6.03. The number of hydrogen-bond acceptors (Lipinski definition) is 4. The Hall–Kier alpha value is -2.10. The van der Waals surface area contributed by atoms with Crippen molar-refractivity contribution >= 4 is 17.1 Å². The number of methoxy groups -OCH3 is 1. The van der Waals surface area contributed by atoms with Crippen LogP contribution >= 0.6 is 0 Å². The zero-order valence-electron chi connectivity index (χ0n) is 8.10. The third-order valence-electron chi connectivity index (χ3n) is 2.26. The second-order valence-electron chi connectivity index (χ2n) is 3.05. The molecule has 0 aliphatic heterocycles. The monoisotopic (exact) mass is 203 g/mol. The molecular weight excluding hydrogens is 194 g/mol. The van der Waals surface area contributed by atoms with Gasteiger partial charge in [0.05, 0.1) is 12.7 Å². The molecule has 2 rings (SSSR count). The van der Waals surface area contributed by atoms with E-state index in [2.05, 4.69) is 4.98 Å². The molecule has 0 amide bonds. The van der Waals surface area contributed by atoms with Gasteiger partial charge in [0.1, 0.15) is 11.5 Å². The molecule has 4 nitrogen and oxygen atoms in total. The number of fused-ring (bicyclic) bond motifs is 1. The molecule has 2 aromatic rings. The van der Waals surface area contributed by atoms with Crippen LogP contribution in [-0.4, -0.2) is 23.5 Å². The molecule has 0 bridgehead atoms. The summed E-state index contributed by atoms with van der Waals surface area (Å²) in [6.45, 7) is 0. The summed E-state index contributed by atoms with van der Waals surface area (Å²) in [5.74, 6) is 0.418. The van der Waals surface area contributed by atoms with Crippen molar-refractivity contribution in [3.63, 3.8) is 0 Å². The maximum absolute atomic E-state index is 10.8. The Morgan fingerprint density at radius 3 is 2.93 bits per heavy atom. The van der Waals surface area contributed by atoms with Gasteiger partial charge < -0.3 is 9.84 Å². The zero-order valence-corrected chi connectivity index (χ0v) is 8.10. The maximum Gasteiger partial charge on any atom is 0.154 e. The van der Waals surface area contributed by atoms with E-state index in [-0.39, 0.29) is 11.3 Å². The third kappa shape index (κ3) is 1.40. The van der Waals surface area contributed by atoms with E-state index in [1.54, 1.807) is 18.5 Å². The molecule has 15 heavy (non-hydrogen) atoms. The summed E-state index contributed by atoms with van der Waals surface area (Å²) in [5, 5.41) is 10.9. The number of phenolic OH excluding ortho intramolecular Hbond substituents is 1. The number of ether oxygens (including phenoxy) is 1. The third-order valence-corrected chi connectivity index (χ3v) is 2.26. The molecule has 0 radical (unpaired) electrons. The zero-order chi connectivity index (χ0) is 10.8. The number of aromatic hydroxyl groups is 1. The van der Waals surface area contributed by atoms with Crippen LogP contribution in [0.3, 0.4) is 0 Å². The standard InChI is InChI=1S/C11H9NO3/c1-15-11-4-10(14)9(6-13)7-2-3-12-5-8(7)11/h2-6,14H,1H3. The van der Waals surface area contributed by atoms with Gasteiger partial charge in [-0.25, -0.2) is 0 Å².